The van der Waals surface area contributed by atoms with Crippen LogP contribution in [-0.4, -0.2) is 11.2 Å². The summed E-state index contributed by atoms with van der Waals surface area (Å²) >= 11 is 0. The van der Waals surface area contributed by atoms with E-state index < -0.39 is 31.4 Å². The molecule has 0 amide bonds. The maximum atomic E-state index is 15.8. The zero-order valence-electron chi connectivity index (χ0n) is 41.4. The van der Waals surface area contributed by atoms with Crippen LogP contribution in [0.4, 0.5) is 0 Å². The van der Waals surface area contributed by atoms with Crippen molar-refractivity contribution in [3.05, 3.63) is 168 Å². The number of rotatable bonds is 16. The summed E-state index contributed by atoms with van der Waals surface area (Å²) < 4.78 is 66.0. The molecule has 3 atom stereocenters. The molecule has 2 heterocycles. The molecule has 7 aromatic rings. The van der Waals surface area contributed by atoms with Crippen LogP contribution >= 0.6 is 14.7 Å². The van der Waals surface area contributed by atoms with Crippen molar-refractivity contribution in [1.82, 2.24) is 0 Å². The average Bonchev–Trinajstić information content (AvgIpc) is 3.38. The summed E-state index contributed by atoms with van der Waals surface area (Å²) in [4.78, 5) is 0. The average molecular weight is 970 g/mol. The fraction of sp³-hybridized carbons (Fsp3) is 0.283. The van der Waals surface area contributed by atoms with Gasteiger partial charge in [0.25, 0.3) is 0 Å². The van der Waals surface area contributed by atoms with E-state index in [-0.39, 0.29) is 0 Å². The van der Waals surface area contributed by atoms with Gasteiger partial charge in [0.1, 0.15) is 51.8 Å². The highest BCUT2D eigenvalue weighted by Gasteiger charge is 2.51. The molecule has 0 fully saturated rings. The van der Waals surface area contributed by atoms with Crippen LogP contribution in [0.25, 0.3) is 22.3 Å². The molecular formula is C60H61NO7P2. The first-order chi connectivity index (χ1) is 33.7. The Morgan fingerprint density at radius 2 is 1.06 bits per heavy atom. The lowest BCUT2D eigenvalue weighted by atomic mass is 9.61. The van der Waals surface area contributed by atoms with Gasteiger partial charge in [0.2, 0.25) is 0 Å². The van der Waals surface area contributed by atoms with Gasteiger partial charge in [0.15, 0.2) is 0 Å². The first kappa shape index (κ1) is 48.5. The maximum absolute atomic E-state index is 15.8. The van der Waals surface area contributed by atoms with Crippen LogP contribution in [0.3, 0.4) is 0 Å². The Bertz CT molecular complexity index is 3260. The molecule has 0 aliphatic carbocycles. The van der Waals surface area contributed by atoms with Gasteiger partial charge in [-0.1, -0.05) is 132 Å². The van der Waals surface area contributed by atoms with Crippen molar-refractivity contribution in [3.8, 4) is 62.8 Å². The van der Waals surface area contributed by atoms with E-state index in [1.807, 2.05) is 140 Å². The fourth-order valence-corrected chi connectivity index (χ4v) is 15.6. The fourth-order valence-electron chi connectivity index (χ4n) is 10.7. The van der Waals surface area contributed by atoms with Crippen molar-refractivity contribution in [2.75, 3.05) is 0 Å². The zero-order valence-corrected chi connectivity index (χ0v) is 43.2. The maximum Gasteiger partial charge on any atom is 0.311 e. The van der Waals surface area contributed by atoms with Crippen LogP contribution in [0.1, 0.15) is 104 Å². The van der Waals surface area contributed by atoms with Crippen molar-refractivity contribution in [3.63, 3.8) is 0 Å². The van der Waals surface area contributed by atoms with Crippen molar-refractivity contribution < 1.29 is 32.4 Å². The summed E-state index contributed by atoms with van der Waals surface area (Å²) in [6.07, 6.45) is 4.04. The minimum Gasteiger partial charge on any atom is -0.487 e. The second-order valence-corrected chi connectivity index (χ2v) is 23.4. The topological polar surface area (TPSA) is 104 Å². The number of hydrogen-bond acceptors (Lipinski definition) is 8. The second-order valence-electron chi connectivity index (χ2n) is 18.9. The predicted octanol–water partition coefficient (Wildman–Crippen LogP) is 14.9. The van der Waals surface area contributed by atoms with E-state index >= 15 is 9.13 Å². The van der Waals surface area contributed by atoms with E-state index in [2.05, 4.69) is 54.5 Å². The van der Waals surface area contributed by atoms with Gasteiger partial charge in [-0.15, -0.1) is 0 Å². The number of aryl methyl sites for hydroxylation is 1. The van der Waals surface area contributed by atoms with Gasteiger partial charge in [-0.25, -0.2) is 0 Å². The molecule has 0 radical (unpaired) electrons. The van der Waals surface area contributed by atoms with Crippen molar-refractivity contribution in [2.45, 2.75) is 111 Å². The largest absolute Gasteiger partial charge is 0.487 e. The Hall–Kier alpha value is -6.51. The zero-order chi connectivity index (χ0) is 49.5. The first-order valence-corrected chi connectivity index (χ1v) is 27.8. The molecule has 8 nitrogen and oxygen atoms in total. The molecule has 2 aliphatic heterocycles. The Balaban J connectivity index is 1.15. The molecule has 2 aliphatic rings. The number of ether oxygens (including phenoxy) is 3. The lowest BCUT2D eigenvalue weighted by molar-refractivity contribution is -0.0123. The van der Waals surface area contributed by atoms with E-state index in [4.69, 9.17) is 23.3 Å². The van der Waals surface area contributed by atoms with Gasteiger partial charge in [-0.3, -0.25) is 9.13 Å². The number of nitriles is 1. The Labute approximate surface area is 413 Å². The Morgan fingerprint density at radius 3 is 1.60 bits per heavy atom. The quantitative estimate of drug-likeness (QED) is 0.0882. The Morgan fingerprint density at radius 1 is 0.543 bits per heavy atom. The molecule has 10 heteroatoms. The molecule has 0 N–H and O–H groups in total. The summed E-state index contributed by atoms with van der Waals surface area (Å²) in [7, 11) is -7.63. The molecule has 0 saturated carbocycles. The van der Waals surface area contributed by atoms with Gasteiger partial charge >= 0.3 is 14.7 Å². The van der Waals surface area contributed by atoms with Crippen LogP contribution in [0.2, 0.25) is 0 Å². The number of hydrogen-bond donors (Lipinski definition) is 0. The van der Waals surface area contributed by atoms with Gasteiger partial charge in [-0.2, -0.15) is 5.26 Å². The van der Waals surface area contributed by atoms with Crippen LogP contribution in [0.5, 0.6) is 34.5 Å². The summed E-state index contributed by atoms with van der Waals surface area (Å²) in [5.74, 6) is 2.71. The molecule has 358 valence electrons. The predicted molar refractivity (Wildman–Crippen MR) is 283 cm³/mol. The SMILES string of the molecule is CCCC(C)(Oc1ccc(C)cc1P1(=O)Oc2ccccc2-c2ccccc21)C(CC)(CC)c1cccc(Oc2ccc(OC(C)(CC)CC)c(P3(=O)Oc4ccccc4-c4ccccc43)c2)c1C#N. The Kier molecular flexibility index (Phi) is 13.2. The van der Waals surface area contributed by atoms with Gasteiger partial charge in [-0.05, 0) is 136 Å². The molecule has 3 unspecified atom stereocenters. The van der Waals surface area contributed by atoms with Crippen molar-refractivity contribution >= 4 is 36.0 Å². The highest BCUT2D eigenvalue weighted by atomic mass is 31.2. The monoisotopic (exact) mass is 969 g/mol. The highest BCUT2D eigenvalue weighted by Crippen LogP contribution is 2.58. The highest BCUT2D eigenvalue weighted by molar-refractivity contribution is 7.75. The molecule has 0 saturated heterocycles. The second kappa shape index (κ2) is 19.0. The molecule has 70 heavy (non-hydrogen) atoms. The van der Waals surface area contributed by atoms with E-state index in [0.29, 0.717) is 80.5 Å². The minimum atomic E-state index is -3.86. The van der Waals surface area contributed by atoms with Crippen LogP contribution in [-0.2, 0) is 14.5 Å². The number of fused-ring (bicyclic) bond motifs is 6. The molecule has 9 rings (SSSR count). The molecule has 0 aromatic heterocycles. The first-order valence-electron chi connectivity index (χ1n) is 24.6. The third-order valence-electron chi connectivity index (χ3n) is 14.9. The normalized spacial score (nSPS) is 17.8. The smallest absolute Gasteiger partial charge is 0.311 e. The van der Waals surface area contributed by atoms with Gasteiger partial charge in [0, 0.05) is 16.5 Å². The third-order valence-corrected chi connectivity index (χ3v) is 19.9. The lowest BCUT2D eigenvalue weighted by Crippen LogP contribution is -2.54. The summed E-state index contributed by atoms with van der Waals surface area (Å²) in [6, 6.07) is 50.2. The summed E-state index contributed by atoms with van der Waals surface area (Å²) in [5, 5.41) is 13.3. The lowest BCUT2D eigenvalue weighted by Gasteiger charge is -2.49. The molecular weight excluding hydrogens is 909 g/mol. The number of benzene rings is 7. The summed E-state index contributed by atoms with van der Waals surface area (Å²) in [6.45, 7) is 16.7. The molecule has 0 bridgehead atoms. The summed E-state index contributed by atoms with van der Waals surface area (Å²) in [5.41, 5.74) is 3.27. The van der Waals surface area contributed by atoms with E-state index in [0.717, 1.165) is 52.6 Å². The third kappa shape index (κ3) is 8.12. The van der Waals surface area contributed by atoms with Crippen LogP contribution in [0.15, 0.2) is 152 Å². The molecule has 7 aromatic carbocycles. The van der Waals surface area contributed by atoms with Crippen LogP contribution < -0.4 is 44.5 Å². The standard InChI is InChI=1S/C60H61NO7P2/c1-9-37-59(8,66-53-35-33-41(6)38-56(53)69(62)54-31-20-16-25-45(54)43-23-14-18-28-50(43)67-69)60(12-4,13-5)48-27-22-30-49(47(48)40-61)64-42-34-36-52(65-58(7,10-2)11-3)57(39-42)70(63)55-32-21-17-26-46(55)44-24-15-19-29-51(44)68-70/h14-36,38-39H,9-13,37H2,1-8H3. The van der Waals surface area contributed by atoms with Crippen molar-refractivity contribution in [2.24, 2.45) is 0 Å². The number of para-hydroxylation sites is 2. The van der Waals surface area contributed by atoms with E-state index in [1.165, 1.54) is 0 Å². The molecule has 0 spiro atoms. The number of nitrogens with zero attached hydrogens (tertiary/aromatic N) is 1. The van der Waals surface area contributed by atoms with E-state index in [9.17, 15) is 5.26 Å². The van der Waals surface area contributed by atoms with E-state index in [1.54, 1.807) is 18.2 Å². The van der Waals surface area contributed by atoms with Gasteiger partial charge < -0.3 is 23.3 Å². The van der Waals surface area contributed by atoms with Crippen molar-refractivity contribution in [1.29, 1.82) is 5.26 Å². The van der Waals surface area contributed by atoms with Gasteiger partial charge in [0.05, 0.1) is 26.8 Å². The van der Waals surface area contributed by atoms with Crippen LogP contribution in [0, 0.1) is 18.3 Å². The minimum absolute atomic E-state index is 0.344.